The van der Waals surface area contributed by atoms with E-state index >= 15 is 0 Å². The maximum Gasteiger partial charge on any atom is 0.211 e. The number of aliphatic hydroxyl groups is 1. The summed E-state index contributed by atoms with van der Waals surface area (Å²) in [6, 6.07) is 7.38. The monoisotopic (exact) mass is 312 g/mol. The molecule has 2 aliphatic heterocycles. The van der Waals surface area contributed by atoms with E-state index in [2.05, 4.69) is 4.90 Å². The zero-order chi connectivity index (χ0) is 15.0. The van der Waals surface area contributed by atoms with Crippen molar-refractivity contribution in [2.45, 2.75) is 12.1 Å². The lowest BCUT2D eigenvalue weighted by atomic mass is 9.97. The van der Waals surface area contributed by atoms with Gasteiger partial charge in [-0.1, -0.05) is 18.2 Å². The number of piperazine rings is 1. The summed E-state index contributed by atoms with van der Waals surface area (Å²) in [5.41, 5.74) is 0.805. The number of sulfonamides is 1. The Bertz CT molecular complexity index is 611. The summed E-state index contributed by atoms with van der Waals surface area (Å²) in [5, 5.41) is 10.5. The summed E-state index contributed by atoms with van der Waals surface area (Å²) in [5.74, 6) is 0.732. The van der Waals surface area contributed by atoms with E-state index < -0.39 is 16.1 Å². The van der Waals surface area contributed by atoms with Crippen molar-refractivity contribution >= 4 is 10.0 Å². The fraction of sp³-hybridized carbons (Fsp3) is 0.571. The molecule has 1 aromatic carbocycles. The van der Waals surface area contributed by atoms with E-state index in [1.54, 1.807) is 0 Å². The average Bonchev–Trinajstić information content (AvgIpc) is 2.47. The van der Waals surface area contributed by atoms with Gasteiger partial charge >= 0.3 is 0 Å². The molecule has 0 saturated carbocycles. The Hall–Kier alpha value is -1.15. The number of rotatable bonds is 2. The van der Waals surface area contributed by atoms with Crippen LogP contribution in [0.2, 0.25) is 0 Å². The van der Waals surface area contributed by atoms with Crippen LogP contribution in [-0.2, 0) is 10.0 Å². The predicted molar refractivity (Wildman–Crippen MR) is 78.7 cm³/mol. The highest BCUT2D eigenvalue weighted by molar-refractivity contribution is 7.88. The van der Waals surface area contributed by atoms with Crippen molar-refractivity contribution in [3.8, 4) is 5.75 Å². The van der Waals surface area contributed by atoms with E-state index in [1.165, 1.54) is 10.6 Å². The molecule has 0 radical (unpaired) electrons. The van der Waals surface area contributed by atoms with Crippen LogP contribution in [0.5, 0.6) is 5.75 Å². The molecule has 1 fully saturated rings. The summed E-state index contributed by atoms with van der Waals surface area (Å²) in [4.78, 5) is 2.11. The summed E-state index contributed by atoms with van der Waals surface area (Å²) >= 11 is 0. The van der Waals surface area contributed by atoms with Gasteiger partial charge in [0.05, 0.1) is 12.3 Å². The van der Waals surface area contributed by atoms with Crippen LogP contribution < -0.4 is 4.74 Å². The van der Waals surface area contributed by atoms with Crippen molar-refractivity contribution in [1.29, 1.82) is 0 Å². The number of hydrogen-bond acceptors (Lipinski definition) is 5. The molecular formula is C14H20N2O4S. The zero-order valence-corrected chi connectivity index (χ0v) is 12.8. The molecule has 6 nitrogen and oxygen atoms in total. The molecule has 0 spiro atoms. The van der Waals surface area contributed by atoms with Crippen LogP contribution >= 0.6 is 0 Å². The van der Waals surface area contributed by atoms with Gasteiger partial charge in [0.25, 0.3) is 0 Å². The Morgan fingerprint density at radius 1 is 1.19 bits per heavy atom. The highest BCUT2D eigenvalue weighted by atomic mass is 32.2. The third-order valence-electron chi connectivity index (χ3n) is 4.22. The third-order valence-corrected chi connectivity index (χ3v) is 5.53. The molecule has 1 saturated heterocycles. The number of nitrogens with zero attached hydrogens (tertiary/aromatic N) is 2. The predicted octanol–water partition coefficient (Wildman–Crippen LogP) is 0.0582. The van der Waals surface area contributed by atoms with Gasteiger partial charge in [0.1, 0.15) is 18.5 Å². The maximum absolute atomic E-state index is 11.5. The SMILES string of the molecule is CS(=O)(=O)N1CCN(C2COc3ccccc3C2O)CC1. The topological polar surface area (TPSA) is 70.1 Å². The van der Waals surface area contributed by atoms with E-state index in [1.807, 2.05) is 24.3 Å². The Labute approximate surface area is 125 Å². The van der Waals surface area contributed by atoms with Crippen molar-refractivity contribution in [3.63, 3.8) is 0 Å². The maximum atomic E-state index is 11.5. The Morgan fingerprint density at radius 2 is 1.86 bits per heavy atom. The molecule has 2 atom stereocenters. The number of fused-ring (bicyclic) bond motifs is 1. The molecule has 2 aliphatic rings. The van der Waals surface area contributed by atoms with Gasteiger partial charge in [-0.3, -0.25) is 4.90 Å². The minimum Gasteiger partial charge on any atom is -0.491 e. The molecular weight excluding hydrogens is 292 g/mol. The van der Waals surface area contributed by atoms with Gasteiger partial charge in [-0.2, -0.15) is 4.31 Å². The second-order valence-corrected chi connectivity index (χ2v) is 7.54. The minimum atomic E-state index is -3.13. The second kappa shape index (κ2) is 5.57. The largest absolute Gasteiger partial charge is 0.491 e. The lowest BCUT2D eigenvalue weighted by molar-refractivity contribution is -0.00852. The van der Waals surface area contributed by atoms with Crippen molar-refractivity contribution < 1.29 is 18.3 Å². The molecule has 0 bridgehead atoms. The molecule has 0 aromatic heterocycles. The van der Waals surface area contributed by atoms with Gasteiger partial charge in [0, 0.05) is 31.7 Å². The van der Waals surface area contributed by atoms with Gasteiger partial charge in [0.2, 0.25) is 10.0 Å². The molecule has 0 amide bonds. The fourth-order valence-electron chi connectivity index (χ4n) is 3.00. The second-order valence-electron chi connectivity index (χ2n) is 5.56. The fourth-order valence-corrected chi connectivity index (χ4v) is 3.83. The molecule has 1 aromatic rings. The van der Waals surface area contributed by atoms with Gasteiger partial charge < -0.3 is 9.84 Å². The van der Waals surface area contributed by atoms with Crippen LogP contribution in [0.4, 0.5) is 0 Å². The highest BCUT2D eigenvalue weighted by Gasteiger charge is 2.36. The first kappa shape index (κ1) is 14.8. The van der Waals surface area contributed by atoms with Crippen molar-refractivity contribution in [1.82, 2.24) is 9.21 Å². The Balaban J connectivity index is 1.70. The molecule has 0 aliphatic carbocycles. The quantitative estimate of drug-likeness (QED) is 0.836. The molecule has 2 heterocycles. The van der Waals surface area contributed by atoms with E-state index in [-0.39, 0.29) is 6.04 Å². The smallest absolute Gasteiger partial charge is 0.211 e. The molecule has 21 heavy (non-hydrogen) atoms. The summed E-state index contributed by atoms with van der Waals surface area (Å²) < 4.78 is 30.3. The van der Waals surface area contributed by atoms with E-state index in [0.717, 1.165) is 11.3 Å². The first-order valence-corrected chi connectivity index (χ1v) is 8.90. The van der Waals surface area contributed by atoms with Gasteiger partial charge in [-0.25, -0.2) is 8.42 Å². The van der Waals surface area contributed by atoms with Gasteiger partial charge in [0.15, 0.2) is 0 Å². The van der Waals surface area contributed by atoms with E-state index in [0.29, 0.717) is 32.8 Å². The lowest BCUT2D eigenvalue weighted by Gasteiger charge is -2.42. The van der Waals surface area contributed by atoms with Crippen LogP contribution in [0.1, 0.15) is 11.7 Å². The standard InChI is InChI=1S/C14H20N2O4S/c1-21(18,19)16-8-6-15(7-9-16)12-10-20-13-5-3-2-4-11(13)14(12)17/h2-5,12,14,17H,6-10H2,1H3. The minimum absolute atomic E-state index is 0.124. The molecule has 116 valence electrons. The highest BCUT2D eigenvalue weighted by Crippen LogP contribution is 2.34. The van der Waals surface area contributed by atoms with Crippen molar-refractivity contribution in [3.05, 3.63) is 29.8 Å². The van der Waals surface area contributed by atoms with Gasteiger partial charge in [-0.15, -0.1) is 0 Å². The lowest BCUT2D eigenvalue weighted by Crippen LogP contribution is -2.55. The van der Waals surface area contributed by atoms with Crippen LogP contribution in [0, 0.1) is 0 Å². The molecule has 2 unspecified atom stereocenters. The summed E-state index contributed by atoms with van der Waals surface area (Å²) in [7, 11) is -3.13. The molecule has 1 N–H and O–H groups in total. The first-order chi connectivity index (χ1) is 9.97. The van der Waals surface area contributed by atoms with E-state index in [4.69, 9.17) is 4.74 Å². The third kappa shape index (κ3) is 2.91. The van der Waals surface area contributed by atoms with Crippen molar-refractivity contribution in [2.75, 3.05) is 39.0 Å². The Kier molecular flexibility index (Phi) is 3.92. The van der Waals surface area contributed by atoms with Crippen LogP contribution in [0.25, 0.3) is 0 Å². The zero-order valence-electron chi connectivity index (χ0n) is 12.0. The average molecular weight is 312 g/mol. The number of aliphatic hydroxyl groups excluding tert-OH is 1. The van der Waals surface area contributed by atoms with Gasteiger partial charge in [-0.05, 0) is 6.07 Å². The molecule has 3 rings (SSSR count). The number of benzene rings is 1. The Morgan fingerprint density at radius 3 is 2.52 bits per heavy atom. The summed E-state index contributed by atoms with van der Waals surface area (Å²) in [6.45, 7) is 2.57. The number of ether oxygens (including phenoxy) is 1. The van der Waals surface area contributed by atoms with Crippen molar-refractivity contribution in [2.24, 2.45) is 0 Å². The normalized spacial score (nSPS) is 27.9. The summed E-state index contributed by atoms with van der Waals surface area (Å²) in [6.07, 6.45) is 0.636. The van der Waals surface area contributed by atoms with E-state index in [9.17, 15) is 13.5 Å². The molecule has 7 heteroatoms. The first-order valence-electron chi connectivity index (χ1n) is 7.06. The van der Waals surface area contributed by atoms with Crippen LogP contribution in [0.15, 0.2) is 24.3 Å². The number of hydrogen-bond donors (Lipinski definition) is 1. The van der Waals surface area contributed by atoms with Crippen LogP contribution in [-0.4, -0.2) is 67.8 Å². The number of para-hydroxylation sites is 1. The van der Waals surface area contributed by atoms with Crippen LogP contribution in [0.3, 0.4) is 0 Å².